The van der Waals surface area contributed by atoms with Gasteiger partial charge in [0, 0.05) is 30.2 Å². The van der Waals surface area contributed by atoms with E-state index >= 15 is 0 Å². The molecule has 0 radical (unpaired) electrons. The molecule has 1 heterocycles. The zero-order valence-electron chi connectivity index (χ0n) is 12.5. The fourth-order valence-electron chi connectivity index (χ4n) is 2.54. The standard InChI is InChI=1S/C18H18N2O2/c1-22-12-11-20-16-10-6-5-7-14(16)13-17(20)18(21)19-15-8-3-2-4-9-15/h2-10,13H,11-12H2,1H3,(H,19,21). The highest BCUT2D eigenvalue weighted by atomic mass is 16.5. The van der Waals surface area contributed by atoms with Crippen LogP contribution in [0, 0.1) is 0 Å². The lowest BCUT2D eigenvalue weighted by Gasteiger charge is -2.10. The molecule has 0 fully saturated rings. The van der Waals surface area contributed by atoms with Crippen molar-refractivity contribution in [2.45, 2.75) is 6.54 Å². The molecule has 4 nitrogen and oxygen atoms in total. The van der Waals surface area contributed by atoms with Crippen molar-refractivity contribution in [1.82, 2.24) is 4.57 Å². The lowest BCUT2D eigenvalue weighted by Crippen LogP contribution is -2.18. The third-order valence-electron chi connectivity index (χ3n) is 3.59. The van der Waals surface area contributed by atoms with Crippen molar-refractivity contribution in [3.05, 3.63) is 66.4 Å². The first kappa shape index (κ1) is 14.4. The molecular formula is C18H18N2O2. The van der Waals surface area contributed by atoms with Gasteiger partial charge in [-0.15, -0.1) is 0 Å². The molecule has 1 amide bonds. The Morgan fingerprint density at radius 3 is 2.59 bits per heavy atom. The lowest BCUT2D eigenvalue weighted by atomic mass is 10.2. The molecule has 1 N–H and O–H groups in total. The Morgan fingerprint density at radius 1 is 1.09 bits per heavy atom. The molecule has 0 aliphatic rings. The Hall–Kier alpha value is -2.59. The van der Waals surface area contributed by atoms with Crippen molar-refractivity contribution in [2.24, 2.45) is 0 Å². The number of hydrogen-bond acceptors (Lipinski definition) is 2. The SMILES string of the molecule is COCCn1c(C(=O)Nc2ccccc2)cc2ccccc21. The topological polar surface area (TPSA) is 43.3 Å². The molecular weight excluding hydrogens is 276 g/mol. The van der Waals surface area contributed by atoms with Crippen LogP contribution in [0.5, 0.6) is 0 Å². The van der Waals surface area contributed by atoms with Crippen LogP contribution < -0.4 is 5.32 Å². The highest BCUT2D eigenvalue weighted by Gasteiger charge is 2.15. The van der Waals surface area contributed by atoms with Crippen LogP contribution >= 0.6 is 0 Å². The van der Waals surface area contributed by atoms with Crippen molar-refractivity contribution >= 4 is 22.5 Å². The average Bonchev–Trinajstić information content (AvgIpc) is 2.92. The van der Waals surface area contributed by atoms with Gasteiger partial charge in [-0.05, 0) is 24.3 Å². The summed E-state index contributed by atoms with van der Waals surface area (Å²) in [7, 11) is 1.66. The van der Waals surface area contributed by atoms with Crippen LogP contribution in [0.1, 0.15) is 10.5 Å². The number of aromatic nitrogens is 1. The number of hydrogen-bond donors (Lipinski definition) is 1. The van der Waals surface area contributed by atoms with Crippen LogP contribution in [-0.2, 0) is 11.3 Å². The summed E-state index contributed by atoms with van der Waals surface area (Å²) in [5.74, 6) is -0.112. The largest absolute Gasteiger partial charge is 0.383 e. The molecule has 0 saturated heterocycles. The minimum absolute atomic E-state index is 0.112. The molecule has 1 aromatic heterocycles. The van der Waals surface area contributed by atoms with Gasteiger partial charge in [-0.2, -0.15) is 0 Å². The molecule has 3 aromatic rings. The number of amides is 1. The van der Waals surface area contributed by atoms with Gasteiger partial charge in [0.15, 0.2) is 0 Å². The molecule has 0 spiro atoms. The average molecular weight is 294 g/mol. The van der Waals surface area contributed by atoms with Crippen molar-refractivity contribution < 1.29 is 9.53 Å². The molecule has 4 heteroatoms. The molecule has 0 unspecified atom stereocenters. The van der Waals surface area contributed by atoms with Gasteiger partial charge in [0.25, 0.3) is 5.91 Å². The van der Waals surface area contributed by atoms with Gasteiger partial charge in [0.2, 0.25) is 0 Å². The Morgan fingerprint density at radius 2 is 1.82 bits per heavy atom. The van der Waals surface area contributed by atoms with E-state index in [1.165, 1.54) is 0 Å². The summed E-state index contributed by atoms with van der Waals surface area (Å²) < 4.78 is 7.16. The van der Waals surface area contributed by atoms with E-state index in [1.807, 2.05) is 65.2 Å². The van der Waals surface area contributed by atoms with E-state index in [-0.39, 0.29) is 5.91 Å². The van der Waals surface area contributed by atoms with Crippen molar-refractivity contribution in [1.29, 1.82) is 0 Å². The van der Waals surface area contributed by atoms with Crippen LogP contribution in [-0.4, -0.2) is 24.2 Å². The Balaban J connectivity index is 1.96. The van der Waals surface area contributed by atoms with Crippen molar-refractivity contribution in [3.63, 3.8) is 0 Å². The number of benzene rings is 2. The maximum atomic E-state index is 12.6. The van der Waals surface area contributed by atoms with E-state index in [0.29, 0.717) is 18.8 Å². The predicted molar refractivity (Wildman–Crippen MR) is 88.2 cm³/mol. The highest BCUT2D eigenvalue weighted by Crippen LogP contribution is 2.21. The number of carbonyl (C=O) groups excluding carboxylic acids is 1. The smallest absolute Gasteiger partial charge is 0.272 e. The number of nitrogens with one attached hydrogen (secondary N) is 1. The van der Waals surface area contributed by atoms with Crippen molar-refractivity contribution in [2.75, 3.05) is 19.0 Å². The number of methoxy groups -OCH3 is 1. The fraction of sp³-hybridized carbons (Fsp3) is 0.167. The third kappa shape index (κ3) is 2.87. The predicted octanol–water partition coefficient (Wildman–Crippen LogP) is 3.54. The first-order valence-electron chi connectivity index (χ1n) is 7.23. The first-order valence-corrected chi connectivity index (χ1v) is 7.23. The van der Waals surface area contributed by atoms with E-state index in [2.05, 4.69) is 5.32 Å². The quantitative estimate of drug-likeness (QED) is 0.782. The summed E-state index contributed by atoms with van der Waals surface area (Å²) in [5.41, 5.74) is 2.47. The van der Waals surface area contributed by atoms with Crippen LogP contribution in [0.4, 0.5) is 5.69 Å². The minimum atomic E-state index is -0.112. The van der Waals surface area contributed by atoms with Crippen molar-refractivity contribution in [3.8, 4) is 0 Å². The zero-order valence-corrected chi connectivity index (χ0v) is 12.5. The van der Waals surface area contributed by atoms with Gasteiger partial charge < -0.3 is 14.6 Å². The summed E-state index contributed by atoms with van der Waals surface area (Å²) in [5, 5.41) is 3.99. The number of rotatable bonds is 5. The van der Waals surface area contributed by atoms with E-state index in [1.54, 1.807) is 7.11 Å². The summed E-state index contributed by atoms with van der Waals surface area (Å²) in [6.45, 7) is 1.20. The zero-order chi connectivity index (χ0) is 15.4. The molecule has 112 valence electrons. The van der Waals surface area contributed by atoms with Gasteiger partial charge in [-0.3, -0.25) is 4.79 Å². The fourth-order valence-corrected chi connectivity index (χ4v) is 2.54. The summed E-state index contributed by atoms with van der Waals surface area (Å²) in [4.78, 5) is 12.6. The highest BCUT2D eigenvalue weighted by molar-refractivity contribution is 6.06. The Kier molecular flexibility index (Phi) is 4.21. The van der Waals surface area contributed by atoms with Crippen LogP contribution in [0.15, 0.2) is 60.7 Å². The molecule has 3 rings (SSSR count). The second-order valence-corrected chi connectivity index (χ2v) is 5.05. The molecule has 0 atom stereocenters. The molecule has 0 aliphatic heterocycles. The summed E-state index contributed by atoms with van der Waals surface area (Å²) >= 11 is 0. The van der Waals surface area contributed by atoms with Gasteiger partial charge in [0.1, 0.15) is 5.69 Å². The maximum absolute atomic E-state index is 12.6. The molecule has 0 bridgehead atoms. The number of fused-ring (bicyclic) bond motifs is 1. The number of anilines is 1. The van der Waals surface area contributed by atoms with Gasteiger partial charge in [0.05, 0.1) is 6.61 Å². The van der Waals surface area contributed by atoms with E-state index in [0.717, 1.165) is 16.6 Å². The van der Waals surface area contributed by atoms with E-state index in [9.17, 15) is 4.79 Å². The van der Waals surface area contributed by atoms with Crippen LogP contribution in [0.3, 0.4) is 0 Å². The molecule has 2 aromatic carbocycles. The number of para-hydroxylation sites is 2. The van der Waals surface area contributed by atoms with Gasteiger partial charge in [-0.1, -0.05) is 36.4 Å². The second kappa shape index (κ2) is 6.45. The Bertz CT molecular complexity index is 778. The number of nitrogens with zero attached hydrogens (tertiary/aromatic N) is 1. The second-order valence-electron chi connectivity index (χ2n) is 5.05. The Labute approximate surface area is 129 Å². The monoisotopic (exact) mass is 294 g/mol. The lowest BCUT2D eigenvalue weighted by molar-refractivity contribution is 0.101. The van der Waals surface area contributed by atoms with Gasteiger partial charge in [-0.25, -0.2) is 0 Å². The van der Waals surface area contributed by atoms with Gasteiger partial charge >= 0.3 is 0 Å². The minimum Gasteiger partial charge on any atom is -0.383 e. The molecule has 0 aliphatic carbocycles. The van der Waals surface area contributed by atoms with Crippen LogP contribution in [0.25, 0.3) is 10.9 Å². The normalized spacial score (nSPS) is 10.8. The van der Waals surface area contributed by atoms with E-state index < -0.39 is 0 Å². The molecule has 22 heavy (non-hydrogen) atoms. The number of ether oxygens (including phenoxy) is 1. The third-order valence-corrected chi connectivity index (χ3v) is 3.59. The molecule has 0 saturated carbocycles. The van der Waals surface area contributed by atoms with Crippen LogP contribution in [0.2, 0.25) is 0 Å². The maximum Gasteiger partial charge on any atom is 0.272 e. The number of carbonyl (C=O) groups is 1. The summed E-state index contributed by atoms with van der Waals surface area (Å²) in [6, 6.07) is 19.4. The van der Waals surface area contributed by atoms with E-state index in [4.69, 9.17) is 4.74 Å². The summed E-state index contributed by atoms with van der Waals surface area (Å²) in [6.07, 6.45) is 0. The first-order chi connectivity index (χ1) is 10.8.